The first-order valence-electron chi connectivity index (χ1n) is 5.80. The fourth-order valence-corrected chi connectivity index (χ4v) is 2.92. The summed E-state index contributed by atoms with van der Waals surface area (Å²) in [5, 5.41) is 10.7. The highest BCUT2D eigenvalue weighted by Crippen LogP contribution is 2.29. The number of halogens is 2. The molecule has 0 saturated carbocycles. The van der Waals surface area contributed by atoms with Gasteiger partial charge in [0.25, 0.3) is 0 Å². The number of carboxylic acids is 1. The molecule has 1 aromatic rings. The standard InChI is InChI=1S/C12H13F2NO3S/c13-11(14)8-5-15(6-9(8)12(17)18)10(16)4-7-2-1-3-19-7/h1-3,8-9,11H,4-6H2,(H,17,18)/t8-,9-/m1/s1. The van der Waals surface area contributed by atoms with E-state index in [-0.39, 0.29) is 25.4 Å². The van der Waals surface area contributed by atoms with Crippen molar-refractivity contribution >= 4 is 23.2 Å². The Balaban J connectivity index is 2.02. The van der Waals surface area contributed by atoms with E-state index in [0.29, 0.717) is 0 Å². The van der Waals surface area contributed by atoms with Crippen LogP contribution in [0.2, 0.25) is 0 Å². The molecule has 0 spiro atoms. The van der Waals surface area contributed by atoms with Crippen LogP contribution in [0.25, 0.3) is 0 Å². The number of likely N-dealkylation sites (tertiary alicyclic amines) is 1. The van der Waals surface area contributed by atoms with Crippen molar-refractivity contribution in [1.29, 1.82) is 0 Å². The van der Waals surface area contributed by atoms with Crippen LogP contribution >= 0.6 is 11.3 Å². The third-order valence-electron chi connectivity index (χ3n) is 3.26. The van der Waals surface area contributed by atoms with Gasteiger partial charge in [-0.15, -0.1) is 11.3 Å². The molecule has 0 bridgehead atoms. The molecule has 1 aliphatic heterocycles. The molecule has 2 atom stereocenters. The summed E-state index contributed by atoms with van der Waals surface area (Å²) in [5.74, 6) is -4.01. The van der Waals surface area contributed by atoms with E-state index in [1.165, 1.54) is 16.2 Å². The van der Waals surface area contributed by atoms with Crippen LogP contribution in [-0.4, -0.2) is 41.4 Å². The minimum atomic E-state index is -2.72. The van der Waals surface area contributed by atoms with Gasteiger partial charge in [0.2, 0.25) is 12.3 Å². The molecule has 1 aliphatic rings. The number of rotatable bonds is 4. The molecule has 1 saturated heterocycles. The predicted octanol–water partition coefficient (Wildman–Crippen LogP) is 1.71. The van der Waals surface area contributed by atoms with Gasteiger partial charge in [0, 0.05) is 18.0 Å². The normalized spacial score (nSPS) is 23.0. The Bertz CT molecular complexity index is 464. The van der Waals surface area contributed by atoms with Gasteiger partial charge in [0.1, 0.15) is 0 Å². The zero-order valence-corrected chi connectivity index (χ0v) is 10.8. The second kappa shape index (κ2) is 5.64. The summed E-state index contributed by atoms with van der Waals surface area (Å²) in [6.45, 7) is -0.312. The van der Waals surface area contributed by atoms with Crippen molar-refractivity contribution in [2.45, 2.75) is 12.8 Å². The molecular weight excluding hydrogens is 276 g/mol. The minimum Gasteiger partial charge on any atom is -0.481 e. The average molecular weight is 289 g/mol. The second-order valence-electron chi connectivity index (χ2n) is 4.50. The smallest absolute Gasteiger partial charge is 0.308 e. The summed E-state index contributed by atoms with van der Waals surface area (Å²) in [6, 6.07) is 3.59. The van der Waals surface area contributed by atoms with E-state index in [9.17, 15) is 18.4 Å². The van der Waals surface area contributed by atoms with Gasteiger partial charge in [-0.25, -0.2) is 8.78 Å². The summed E-state index contributed by atoms with van der Waals surface area (Å²) < 4.78 is 25.5. The van der Waals surface area contributed by atoms with Gasteiger partial charge in [-0.2, -0.15) is 0 Å². The third kappa shape index (κ3) is 3.09. The lowest BCUT2D eigenvalue weighted by molar-refractivity contribution is -0.144. The molecule has 104 valence electrons. The van der Waals surface area contributed by atoms with Crippen LogP contribution in [0.1, 0.15) is 4.88 Å². The van der Waals surface area contributed by atoms with Gasteiger partial charge in [-0.05, 0) is 11.4 Å². The molecule has 1 amide bonds. The van der Waals surface area contributed by atoms with Crippen LogP contribution < -0.4 is 0 Å². The molecule has 0 radical (unpaired) electrons. The Morgan fingerprint density at radius 1 is 1.47 bits per heavy atom. The van der Waals surface area contributed by atoms with Gasteiger partial charge in [-0.3, -0.25) is 9.59 Å². The maximum atomic E-state index is 12.8. The number of alkyl halides is 2. The molecule has 2 heterocycles. The fraction of sp³-hybridized carbons (Fsp3) is 0.500. The Hall–Kier alpha value is -1.50. The van der Waals surface area contributed by atoms with E-state index < -0.39 is 24.2 Å². The number of aliphatic carboxylic acids is 1. The molecule has 0 aromatic carbocycles. The van der Waals surface area contributed by atoms with E-state index >= 15 is 0 Å². The molecule has 0 unspecified atom stereocenters. The Labute approximate surface area is 112 Å². The van der Waals surface area contributed by atoms with E-state index in [1.807, 2.05) is 5.38 Å². The number of thiophene rings is 1. The maximum Gasteiger partial charge on any atom is 0.308 e. The quantitative estimate of drug-likeness (QED) is 0.918. The Morgan fingerprint density at radius 2 is 2.21 bits per heavy atom. The molecule has 7 heteroatoms. The third-order valence-corrected chi connectivity index (χ3v) is 4.14. The van der Waals surface area contributed by atoms with Crippen molar-refractivity contribution < 1.29 is 23.5 Å². The summed E-state index contributed by atoms with van der Waals surface area (Å²) in [5.41, 5.74) is 0. The zero-order chi connectivity index (χ0) is 14.0. The maximum absolute atomic E-state index is 12.8. The summed E-state index contributed by atoms with van der Waals surface area (Å²) in [7, 11) is 0. The van der Waals surface area contributed by atoms with Crippen LogP contribution in [0.5, 0.6) is 0 Å². The summed E-state index contributed by atoms with van der Waals surface area (Å²) in [4.78, 5) is 25.0. The molecule has 19 heavy (non-hydrogen) atoms. The number of amides is 1. The molecule has 4 nitrogen and oxygen atoms in total. The highest BCUT2D eigenvalue weighted by molar-refractivity contribution is 7.10. The Morgan fingerprint density at radius 3 is 2.68 bits per heavy atom. The second-order valence-corrected chi connectivity index (χ2v) is 5.53. The van der Waals surface area contributed by atoms with E-state index in [0.717, 1.165) is 4.88 Å². The lowest BCUT2D eigenvalue weighted by Crippen LogP contribution is -2.31. The van der Waals surface area contributed by atoms with Gasteiger partial charge < -0.3 is 10.0 Å². The van der Waals surface area contributed by atoms with Crippen molar-refractivity contribution in [3.05, 3.63) is 22.4 Å². The highest BCUT2D eigenvalue weighted by Gasteiger charge is 2.44. The monoisotopic (exact) mass is 289 g/mol. The number of carboxylic acid groups (broad SMARTS) is 1. The van der Waals surface area contributed by atoms with Gasteiger partial charge in [0.05, 0.1) is 18.3 Å². The SMILES string of the molecule is O=C(O)[C@@H]1CN(C(=O)Cc2cccs2)C[C@H]1C(F)F. The van der Waals surface area contributed by atoms with Crippen molar-refractivity contribution in [2.75, 3.05) is 13.1 Å². The summed E-state index contributed by atoms with van der Waals surface area (Å²) in [6.07, 6.45) is -2.58. The molecule has 0 aliphatic carbocycles. The first-order chi connectivity index (χ1) is 8.99. The number of hydrogen-bond donors (Lipinski definition) is 1. The van der Waals surface area contributed by atoms with E-state index in [1.54, 1.807) is 12.1 Å². The molecule has 1 fully saturated rings. The van der Waals surface area contributed by atoms with Gasteiger partial charge in [0.15, 0.2) is 0 Å². The average Bonchev–Trinajstić information content (AvgIpc) is 2.96. The number of hydrogen-bond acceptors (Lipinski definition) is 3. The van der Waals surface area contributed by atoms with Crippen LogP contribution in [0.4, 0.5) is 8.78 Å². The number of carbonyl (C=O) groups excluding carboxylic acids is 1. The minimum absolute atomic E-state index is 0.130. The largest absolute Gasteiger partial charge is 0.481 e. The van der Waals surface area contributed by atoms with Crippen LogP contribution in [0, 0.1) is 11.8 Å². The van der Waals surface area contributed by atoms with Crippen molar-refractivity contribution in [3.8, 4) is 0 Å². The van der Waals surface area contributed by atoms with Crippen LogP contribution in [0.3, 0.4) is 0 Å². The van der Waals surface area contributed by atoms with Gasteiger partial charge in [-0.1, -0.05) is 6.07 Å². The number of nitrogens with zero attached hydrogens (tertiary/aromatic N) is 1. The lowest BCUT2D eigenvalue weighted by Gasteiger charge is -2.15. The first-order valence-corrected chi connectivity index (χ1v) is 6.68. The van der Waals surface area contributed by atoms with Crippen LogP contribution in [0.15, 0.2) is 17.5 Å². The first kappa shape index (κ1) is 13.9. The predicted molar refractivity (Wildman–Crippen MR) is 65.2 cm³/mol. The van der Waals surface area contributed by atoms with E-state index in [2.05, 4.69) is 0 Å². The highest BCUT2D eigenvalue weighted by atomic mass is 32.1. The molecule has 1 N–H and O–H groups in total. The molecule has 2 rings (SSSR count). The van der Waals surface area contributed by atoms with Crippen molar-refractivity contribution in [1.82, 2.24) is 4.90 Å². The fourth-order valence-electron chi connectivity index (χ4n) is 2.22. The van der Waals surface area contributed by atoms with Crippen molar-refractivity contribution in [3.63, 3.8) is 0 Å². The zero-order valence-electron chi connectivity index (χ0n) is 9.96. The lowest BCUT2D eigenvalue weighted by atomic mass is 9.97. The van der Waals surface area contributed by atoms with Gasteiger partial charge >= 0.3 is 5.97 Å². The number of carbonyl (C=O) groups is 2. The van der Waals surface area contributed by atoms with E-state index in [4.69, 9.17) is 5.11 Å². The topological polar surface area (TPSA) is 57.6 Å². The summed E-state index contributed by atoms with van der Waals surface area (Å²) >= 11 is 1.41. The molecular formula is C12H13F2NO3S. The molecule has 1 aromatic heterocycles. The Kier molecular flexibility index (Phi) is 4.14. The van der Waals surface area contributed by atoms with Crippen LogP contribution in [-0.2, 0) is 16.0 Å². The van der Waals surface area contributed by atoms with Crippen molar-refractivity contribution in [2.24, 2.45) is 11.8 Å².